The molecule has 1 aliphatic heterocycles. The highest BCUT2D eigenvalue weighted by molar-refractivity contribution is 5.84. The third kappa shape index (κ3) is 6.76. The molecule has 1 amide bonds. The molecule has 1 unspecified atom stereocenters. The van der Waals surface area contributed by atoms with Gasteiger partial charge in [-0.15, -0.1) is 0 Å². The minimum Gasteiger partial charge on any atom is -0.368 e. The Labute approximate surface area is 130 Å². The molecule has 0 aromatic heterocycles. The van der Waals surface area contributed by atoms with Crippen molar-refractivity contribution >= 4 is 5.91 Å². The molecular formula is C16H34N4O. The highest BCUT2D eigenvalue weighted by Gasteiger charge is 2.28. The van der Waals surface area contributed by atoms with Gasteiger partial charge in [0.15, 0.2) is 0 Å². The summed E-state index contributed by atoms with van der Waals surface area (Å²) in [6.07, 6.45) is 5.68. The van der Waals surface area contributed by atoms with Gasteiger partial charge in [-0.3, -0.25) is 4.79 Å². The normalized spacial score (nSPS) is 19.0. The fourth-order valence-electron chi connectivity index (χ4n) is 2.98. The lowest BCUT2D eigenvalue weighted by Crippen LogP contribution is -2.53. The zero-order valence-corrected chi connectivity index (χ0v) is 14.2. The van der Waals surface area contributed by atoms with Gasteiger partial charge < -0.3 is 20.9 Å². The maximum absolute atomic E-state index is 11.5. The molecule has 0 spiro atoms. The summed E-state index contributed by atoms with van der Waals surface area (Å²) in [6.45, 7) is 10.7. The summed E-state index contributed by atoms with van der Waals surface area (Å²) in [7, 11) is 2.19. The molecule has 1 heterocycles. The third-order valence-corrected chi connectivity index (χ3v) is 4.57. The summed E-state index contributed by atoms with van der Waals surface area (Å²) < 4.78 is 0. The van der Waals surface area contributed by atoms with Crippen molar-refractivity contribution in [1.29, 1.82) is 0 Å². The second-order valence-corrected chi connectivity index (χ2v) is 6.54. The van der Waals surface area contributed by atoms with Gasteiger partial charge in [-0.05, 0) is 72.3 Å². The van der Waals surface area contributed by atoms with E-state index in [2.05, 4.69) is 22.2 Å². The molecule has 1 saturated heterocycles. The number of likely N-dealkylation sites (N-methyl/N-ethyl adjacent to an activating group) is 2. The van der Waals surface area contributed by atoms with Crippen LogP contribution in [0.5, 0.6) is 0 Å². The van der Waals surface area contributed by atoms with Crippen molar-refractivity contribution in [3.8, 4) is 0 Å². The molecule has 1 aliphatic rings. The standard InChI is InChI=1S/C16H34N4O/c1-4-18-16(2,15(17)21)9-5-6-10-19(3)13-14-20-11-7-8-12-20/h18H,4-14H2,1-3H3,(H2,17,21). The molecule has 3 N–H and O–H groups in total. The lowest BCUT2D eigenvalue weighted by atomic mass is 9.94. The molecule has 124 valence electrons. The van der Waals surface area contributed by atoms with Crippen LogP contribution < -0.4 is 11.1 Å². The van der Waals surface area contributed by atoms with Crippen molar-refractivity contribution in [3.05, 3.63) is 0 Å². The smallest absolute Gasteiger partial charge is 0.237 e. The van der Waals surface area contributed by atoms with Gasteiger partial charge in [-0.1, -0.05) is 6.92 Å². The first-order chi connectivity index (χ1) is 9.98. The Bertz CT molecular complexity index is 305. The summed E-state index contributed by atoms with van der Waals surface area (Å²) in [6, 6.07) is 0. The summed E-state index contributed by atoms with van der Waals surface area (Å²) >= 11 is 0. The molecular weight excluding hydrogens is 264 g/mol. The van der Waals surface area contributed by atoms with Gasteiger partial charge in [0.1, 0.15) is 0 Å². The molecule has 0 aromatic carbocycles. The van der Waals surface area contributed by atoms with Crippen LogP contribution >= 0.6 is 0 Å². The Morgan fingerprint density at radius 1 is 1.29 bits per heavy atom. The predicted octanol–water partition coefficient (Wildman–Crippen LogP) is 1.04. The minimum absolute atomic E-state index is 0.244. The van der Waals surface area contributed by atoms with Gasteiger partial charge in [-0.2, -0.15) is 0 Å². The highest BCUT2D eigenvalue weighted by atomic mass is 16.1. The van der Waals surface area contributed by atoms with Crippen molar-refractivity contribution in [3.63, 3.8) is 0 Å². The number of rotatable bonds is 11. The summed E-state index contributed by atoms with van der Waals surface area (Å²) in [5, 5.41) is 3.21. The number of nitrogens with zero attached hydrogens (tertiary/aromatic N) is 2. The summed E-state index contributed by atoms with van der Waals surface area (Å²) in [5.41, 5.74) is 4.95. The molecule has 0 bridgehead atoms. The van der Waals surface area contributed by atoms with E-state index < -0.39 is 5.54 Å². The molecule has 1 fully saturated rings. The molecule has 1 rings (SSSR count). The summed E-state index contributed by atoms with van der Waals surface area (Å²) in [5.74, 6) is -0.244. The average molecular weight is 298 g/mol. The number of hydrogen-bond donors (Lipinski definition) is 2. The van der Waals surface area contributed by atoms with E-state index in [1.54, 1.807) is 0 Å². The first-order valence-electron chi connectivity index (χ1n) is 8.44. The van der Waals surface area contributed by atoms with E-state index in [-0.39, 0.29) is 5.91 Å². The van der Waals surface area contributed by atoms with Gasteiger partial charge in [0.2, 0.25) is 5.91 Å². The van der Waals surface area contributed by atoms with Crippen LogP contribution in [0.1, 0.15) is 46.0 Å². The van der Waals surface area contributed by atoms with Crippen molar-refractivity contribution in [2.75, 3.05) is 46.3 Å². The lowest BCUT2D eigenvalue weighted by molar-refractivity contribution is -0.124. The van der Waals surface area contributed by atoms with Crippen LogP contribution in [0.3, 0.4) is 0 Å². The van der Waals surface area contributed by atoms with Gasteiger partial charge in [-0.25, -0.2) is 0 Å². The quantitative estimate of drug-likeness (QED) is 0.560. The van der Waals surface area contributed by atoms with Crippen LogP contribution in [0.15, 0.2) is 0 Å². The number of nitrogens with one attached hydrogen (secondary N) is 1. The van der Waals surface area contributed by atoms with Crippen molar-refractivity contribution in [1.82, 2.24) is 15.1 Å². The SMILES string of the molecule is CCNC(C)(CCCCN(C)CCN1CCCC1)C(N)=O. The fourth-order valence-corrected chi connectivity index (χ4v) is 2.98. The Morgan fingerprint density at radius 3 is 2.52 bits per heavy atom. The van der Waals surface area contributed by atoms with Crippen LogP contribution in [0.4, 0.5) is 0 Å². The number of likely N-dealkylation sites (tertiary alicyclic amines) is 1. The van der Waals surface area contributed by atoms with E-state index in [9.17, 15) is 4.79 Å². The molecule has 0 aliphatic carbocycles. The van der Waals surface area contributed by atoms with Gasteiger partial charge >= 0.3 is 0 Å². The number of carbonyl (C=O) groups excluding carboxylic acids is 1. The van der Waals surface area contributed by atoms with Crippen LogP contribution in [-0.4, -0.2) is 67.6 Å². The number of carbonyl (C=O) groups is 1. The zero-order chi connectivity index (χ0) is 15.7. The second-order valence-electron chi connectivity index (χ2n) is 6.54. The first-order valence-corrected chi connectivity index (χ1v) is 8.44. The van der Waals surface area contributed by atoms with Gasteiger partial charge in [0, 0.05) is 13.1 Å². The second kappa shape index (κ2) is 9.38. The lowest BCUT2D eigenvalue weighted by Gasteiger charge is -2.27. The zero-order valence-electron chi connectivity index (χ0n) is 14.2. The van der Waals surface area contributed by atoms with Crippen molar-refractivity contribution in [2.45, 2.75) is 51.5 Å². The molecule has 0 saturated carbocycles. The number of primary amides is 1. The van der Waals surface area contributed by atoms with E-state index in [1.807, 2.05) is 13.8 Å². The first kappa shape index (κ1) is 18.4. The average Bonchev–Trinajstić information content (AvgIpc) is 2.95. The summed E-state index contributed by atoms with van der Waals surface area (Å²) in [4.78, 5) is 16.5. The number of unbranched alkanes of at least 4 members (excludes halogenated alkanes) is 1. The Hall–Kier alpha value is -0.650. The van der Waals surface area contributed by atoms with Gasteiger partial charge in [0.05, 0.1) is 5.54 Å². The number of hydrogen-bond acceptors (Lipinski definition) is 4. The van der Waals surface area contributed by atoms with Crippen LogP contribution in [0, 0.1) is 0 Å². The van der Waals surface area contributed by atoms with E-state index in [1.165, 1.54) is 32.5 Å². The molecule has 0 aromatic rings. The predicted molar refractivity (Wildman–Crippen MR) is 88.3 cm³/mol. The van der Waals surface area contributed by atoms with Gasteiger partial charge in [0.25, 0.3) is 0 Å². The van der Waals surface area contributed by atoms with Crippen LogP contribution in [-0.2, 0) is 4.79 Å². The van der Waals surface area contributed by atoms with Crippen LogP contribution in [0.25, 0.3) is 0 Å². The largest absolute Gasteiger partial charge is 0.368 e. The number of amides is 1. The Kier molecular flexibility index (Phi) is 8.22. The minimum atomic E-state index is -0.553. The molecule has 5 nitrogen and oxygen atoms in total. The van der Waals surface area contributed by atoms with Crippen molar-refractivity contribution < 1.29 is 4.79 Å². The molecule has 1 atom stereocenters. The fraction of sp³-hybridized carbons (Fsp3) is 0.938. The van der Waals surface area contributed by atoms with E-state index in [0.717, 1.165) is 38.9 Å². The Balaban J connectivity index is 2.12. The van der Waals surface area contributed by atoms with E-state index in [0.29, 0.717) is 0 Å². The molecule has 0 radical (unpaired) electrons. The highest BCUT2D eigenvalue weighted by Crippen LogP contribution is 2.13. The van der Waals surface area contributed by atoms with Crippen LogP contribution in [0.2, 0.25) is 0 Å². The van der Waals surface area contributed by atoms with E-state index >= 15 is 0 Å². The topological polar surface area (TPSA) is 61.6 Å². The van der Waals surface area contributed by atoms with Crippen molar-refractivity contribution in [2.24, 2.45) is 5.73 Å². The molecule has 21 heavy (non-hydrogen) atoms. The monoisotopic (exact) mass is 298 g/mol. The number of nitrogens with two attached hydrogens (primary N) is 1. The maximum Gasteiger partial charge on any atom is 0.237 e. The Morgan fingerprint density at radius 2 is 1.95 bits per heavy atom. The maximum atomic E-state index is 11.5. The molecule has 5 heteroatoms. The third-order valence-electron chi connectivity index (χ3n) is 4.57. The van der Waals surface area contributed by atoms with E-state index in [4.69, 9.17) is 5.73 Å².